The van der Waals surface area contributed by atoms with Crippen molar-refractivity contribution in [3.05, 3.63) is 0 Å². The van der Waals surface area contributed by atoms with E-state index in [1.807, 2.05) is 0 Å². The molecule has 0 aliphatic heterocycles. The summed E-state index contributed by atoms with van der Waals surface area (Å²) in [5.41, 5.74) is 0. The second-order valence-electron chi connectivity index (χ2n) is 4.17. The van der Waals surface area contributed by atoms with E-state index in [1.165, 1.54) is 19.3 Å². The summed E-state index contributed by atoms with van der Waals surface area (Å²) in [6, 6.07) is -1.14. The summed E-state index contributed by atoms with van der Waals surface area (Å²) in [7, 11) is 0. The second kappa shape index (κ2) is 13.6. The van der Waals surface area contributed by atoms with Crippen LogP contribution in [-0.4, -0.2) is 62.3 Å². The molecule has 0 spiro atoms. The molecule has 0 bridgehead atoms. The fourth-order valence-electron chi connectivity index (χ4n) is 1.59. The van der Waals surface area contributed by atoms with Crippen molar-refractivity contribution in [3.8, 4) is 0 Å². The Balaban J connectivity index is 0. The zero-order valence-electron chi connectivity index (χ0n) is 11.1. The van der Waals surface area contributed by atoms with Crippen LogP contribution in [0.1, 0.15) is 51.9 Å². The molecule has 18 heavy (non-hydrogen) atoms. The van der Waals surface area contributed by atoms with E-state index in [9.17, 15) is 19.8 Å². The quantitative estimate of drug-likeness (QED) is 0.380. The van der Waals surface area contributed by atoms with Gasteiger partial charge in [-0.15, -0.1) is 0 Å². The standard InChI is InChI=1S/C12H23NO4.Ca/c1-2-3-4-5-6-7-8-13-10(12(16)17)9-11(14)15;/h10,13H,2-9H2,1H3,(H,14,15)(H,16,17);/q;+2/p-2/t10-;/m0./s1. The van der Waals surface area contributed by atoms with E-state index in [0.717, 1.165) is 19.3 Å². The molecule has 6 heteroatoms. The second-order valence-corrected chi connectivity index (χ2v) is 4.17. The molecule has 0 amide bonds. The number of hydrogen-bond acceptors (Lipinski definition) is 5. The van der Waals surface area contributed by atoms with Gasteiger partial charge in [-0.1, -0.05) is 39.0 Å². The third kappa shape index (κ3) is 12.6. The Morgan fingerprint density at radius 2 is 1.61 bits per heavy atom. The van der Waals surface area contributed by atoms with Gasteiger partial charge in [0.15, 0.2) is 0 Å². The van der Waals surface area contributed by atoms with Crippen molar-refractivity contribution in [3.63, 3.8) is 0 Å². The summed E-state index contributed by atoms with van der Waals surface area (Å²) in [6.45, 7) is 2.64. The van der Waals surface area contributed by atoms with Gasteiger partial charge in [0.25, 0.3) is 0 Å². The molecule has 1 N–H and O–H groups in total. The minimum atomic E-state index is -1.39. The monoisotopic (exact) mass is 283 g/mol. The van der Waals surface area contributed by atoms with Crippen LogP contribution in [0.5, 0.6) is 0 Å². The largest absolute Gasteiger partial charge is 2.00 e. The third-order valence-corrected chi connectivity index (χ3v) is 2.58. The normalized spacial score (nSPS) is 11.6. The molecule has 0 saturated carbocycles. The minimum absolute atomic E-state index is 0. The van der Waals surface area contributed by atoms with Crippen molar-refractivity contribution >= 4 is 49.7 Å². The molecule has 0 aliphatic rings. The number of carboxylic acid groups (broad SMARTS) is 2. The van der Waals surface area contributed by atoms with Crippen LogP contribution in [0.4, 0.5) is 0 Å². The molecule has 5 nitrogen and oxygen atoms in total. The Hall–Kier alpha value is 0.160. The molecule has 0 aromatic carbocycles. The van der Waals surface area contributed by atoms with Crippen LogP contribution in [0, 0.1) is 0 Å². The predicted octanol–water partition coefficient (Wildman–Crippen LogP) is -1.19. The first-order valence-electron chi connectivity index (χ1n) is 6.22. The summed E-state index contributed by atoms with van der Waals surface area (Å²) < 4.78 is 0. The number of hydrogen-bond donors (Lipinski definition) is 1. The molecule has 1 atom stereocenters. The number of aliphatic carboxylic acids is 2. The van der Waals surface area contributed by atoms with E-state index < -0.39 is 24.4 Å². The zero-order chi connectivity index (χ0) is 13.1. The van der Waals surface area contributed by atoms with E-state index >= 15 is 0 Å². The maximum absolute atomic E-state index is 10.6. The van der Waals surface area contributed by atoms with Crippen molar-refractivity contribution in [1.82, 2.24) is 5.32 Å². The SMILES string of the molecule is CCCCCCCCN[C@@H](CC(=O)[O-])C(=O)[O-].[Ca+2]. The molecule has 0 saturated heterocycles. The Morgan fingerprint density at radius 3 is 2.11 bits per heavy atom. The van der Waals surface area contributed by atoms with Crippen LogP contribution in [0.2, 0.25) is 0 Å². The van der Waals surface area contributed by atoms with E-state index in [1.54, 1.807) is 0 Å². The predicted molar refractivity (Wildman–Crippen MR) is 65.6 cm³/mol. The van der Waals surface area contributed by atoms with E-state index in [-0.39, 0.29) is 37.7 Å². The Bertz CT molecular complexity index is 236. The number of nitrogens with one attached hydrogen (secondary N) is 1. The topological polar surface area (TPSA) is 92.3 Å². The zero-order valence-corrected chi connectivity index (χ0v) is 13.3. The number of rotatable bonds is 11. The number of carbonyl (C=O) groups is 2. The van der Waals surface area contributed by atoms with E-state index in [4.69, 9.17) is 0 Å². The molecule has 0 aromatic rings. The van der Waals surface area contributed by atoms with Gasteiger partial charge in [0.05, 0.1) is 12.0 Å². The van der Waals surface area contributed by atoms with Crippen molar-refractivity contribution in [2.75, 3.05) is 6.54 Å². The van der Waals surface area contributed by atoms with Gasteiger partial charge in [-0.05, 0) is 13.0 Å². The molecule has 0 heterocycles. The molecule has 0 rings (SSSR count). The average Bonchev–Trinajstić information content (AvgIpc) is 2.25. The molecule has 0 fully saturated rings. The first-order chi connectivity index (χ1) is 8.07. The average molecular weight is 283 g/mol. The molecule has 0 radical (unpaired) electrons. The fraction of sp³-hybridized carbons (Fsp3) is 0.833. The van der Waals surface area contributed by atoms with Crippen LogP contribution in [0.15, 0.2) is 0 Å². The summed E-state index contributed by atoms with van der Waals surface area (Å²) in [5, 5.41) is 23.5. The fourth-order valence-corrected chi connectivity index (χ4v) is 1.59. The van der Waals surface area contributed by atoms with Gasteiger partial charge in [-0.3, -0.25) is 0 Å². The van der Waals surface area contributed by atoms with Gasteiger partial charge in [0.2, 0.25) is 0 Å². The minimum Gasteiger partial charge on any atom is -0.550 e. The summed E-state index contributed by atoms with van der Waals surface area (Å²) >= 11 is 0. The van der Waals surface area contributed by atoms with Gasteiger partial charge in [-0.2, -0.15) is 0 Å². The van der Waals surface area contributed by atoms with Crippen molar-refractivity contribution < 1.29 is 19.8 Å². The van der Waals surface area contributed by atoms with Crippen molar-refractivity contribution in [1.29, 1.82) is 0 Å². The summed E-state index contributed by atoms with van der Waals surface area (Å²) in [4.78, 5) is 20.9. The first kappa shape index (κ1) is 20.5. The number of carbonyl (C=O) groups excluding carboxylic acids is 2. The summed E-state index contributed by atoms with van der Waals surface area (Å²) in [6.07, 6.45) is 6.07. The van der Waals surface area contributed by atoms with Crippen LogP contribution < -0.4 is 15.5 Å². The molecule has 0 unspecified atom stereocenters. The van der Waals surface area contributed by atoms with E-state index in [2.05, 4.69) is 12.2 Å². The van der Waals surface area contributed by atoms with Gasteiger partial charge in [0.1, 0.15) is 0 Å². The summed E-state index contributed by atoms with van der Waals surface area (Å²) in [5.74, 6) is -2.77. The van der Waals surface area contributed by atoms with Crippen LogP contribution >= 0.6 is 0 Å². The Labute approximate surface area is 138 Å². The number of unbranched alkanes of at least 4 members (excludes halogenated alkanes) is 5. The smallest absolute Gasteiger partial charge is 0.550 e. The number of carboxylic acids is 2. The van der Waals surface area contributed by atoms with Crippen molar-refractivity contribution in [2.24, 2.45) is 0 Å². The van der Waals surface area contributed by atoms with Gasteiger partial charge in [-0.25, -0.2) is 0 Å². The van der Waals surface area contributed by atoms with Crippen LogP contribution in [-0.2, 0) is 9.59 Å². The van der Waals surface area contributed by atoms with Crippen LogP contribution in [0.3, 0.4) is 0 Å². The Morgan fingerprint density at radius 1 is 1.06 bits per heavy atom. The Kier molecular flexibility index (Phi) is 15.5. The molecular formula is C12H21CaNO4. The van der Waals surface area contributed by atoms with Gasteiger partial charge >= 0.3 is 37.7 Å². The maximum Gasteiger partial charge on any atom is 2.00 e. The molecule has 0 aliphatic carbocycles. The van der Waals surface area contributed by atoms with E-state index in [0.29, 0.717) is 6.54 Å². The maximum atomic E-state index is 10.6. The molecule has 100 valence electrons. The van der Waals surface area contributed by atoms with Crippen LogP contribution in [0.25, 0.3) is 0 Å². The first-order valence-corrected chi connectivity index (χ1v) is 6.22. The van der Waals surface area contributed by atoms with Gasteiger partial charge in [0, 0.05) is 12.4 Å². The third-order valence-electron chi connectivity index (χ3n) is 2.58. The molecular weight excluding hydrogens is 262 g/mol. The van der Waals surface area contributed by atoms with Crippen molar-refractivity contribution in [2.45, 2.75) is 57.9 Å². The molecule has 0 aromatic heterocycles. The van der Waals surface area contributed by atoms with Gasteiger partial charge < -0.3 is 25.1 Å².